The predicted octanol–water partition coefficient (Wildman–Crippen LogP) is 1.15. The molecule has 4 aromatic carbocycles. The second kappa shape index (κ2) is 21.0. The average Bonchev–Trinajstić information content (AvgIpc) is 3.87. The Labute approximate surface area is 349 Å². The molecular formula is C43H47I2N5O6-2. The van der Waals surface area contributed by atoms with E-state index < -0.39 is 0 Å². The van der Waals surface area contributed by atoms with E-state index in [4.69, 9.17) is 24.4 Å². The van der Waals surface area contributed by atoms with Crippen LogP contribution < -0.4 is 51.9 Å². The molecule has 0 atom stereocenters. The Morgan fingerprint density at radius 3 is 1.43 bits per heavy atom. The zero-order valence-electron chi connectivity index (χ0n) is 32.4. The van der Waals surface area contributed by atoms with E-state index in [1.807, 2.05) is 70.9 Å². The van der Waals surface area contributed by atoms with Crippen LogP contribution >= 0.6 is 0 Å². The summed E-state index contributed by atoms with van der Waals surface area (Å²) < 4.78 is 22.1. The standard InChI is InChI=1S/C22H24IN2O3.C21H23IN3O3/c1-4-28-22(26)14-9-18-15-21(16-5-7-17(23-2)8-6-16)25(24-18)19-10-12-20(27-3)13-11-19;1-22-16-6-4-15(5-7-16)20-14-17(8-13-21(26)24(2)27)23-25(20)18-9-11-19(28-3)12-10-18/h5-8,10-13,15H,4,9,14H2,1-3H3;4-7,9-12,14,27H,8,13H2,1-3H3/q2*-1. The number of nitrogens with zero attached hydrogens (tertiary/aromatic N) is 5. The molecule has 13 heteroatoms. The number of benzene rings is 4. The molecule has 0 unspecified atom stereocenters. The Kier molecular flexibility index (Phi) is 15.9. The summed E-state index contributed by atoms with van der Waals surface area (Å²) in [6.45, 7) is 2.22. The van der Waals surface area contributed by atoms with Crippen molar-refractivity contribution in [2.75, 3.05) is 37.7 Å². The van der Waals surface area contributed by atoms with Crippen LogP contribution in [0.5, 0.6) is 11.5 Å². The number of aryl methyl sites for hydroxylation is 2. The van der Waals surface area contributed by atoms with E-state index in [2.05, 4.69) is 64.5 Å². The first kappa shape index (κ1) is 42.4. The first-order valence-electron chi connectivity index (χ1n) is 17.9. The van der Waals surface area contributed by atoms with Crippen LogP contribution in [0.1, 0.15) is 31.2 Å². The fraction of sp³-hybridized carbons (Fsp3) is 0.256. The van der Waals surface area contributed by atoms with Gasteiger partial charge in [0.25, 0.3) is 0 Å². The molecule has 296 valence electrons. The number of amides is 1. The molecule has 0 fully saturated rings. The number of alkyl halides is 2. The van der Waals surface area contributed by atoms with Crippen LogP contribution in [0.25, 0.3) is 33.9 Å². The maximum absolute atomic E-state index is 11.7. The molecule has 0 aliphatic carbocycles. The van der Waals surface area contributed by atoms with Gasteiger partial charge in [-0.3, -0.25) is 0 Å². The van der Waals surface area contributed by atoms with Crippen LogP contribution in [0.4, 0.5) is 0 Å². The molecule has 0 bridgehead atoms. The molecule has 0 aliphatic rings. The molecule has 0 saturated carbocycles. The van der Waals surface area contributed by atoms with Crippen LogP contribution in [-0.2, 0) is 27.2 Å². The van der Waals surface area contributed by atoms with Crippen LogP contribution in [0, 0.1) is 7.14 Å². The van der Waals surface area contributed by atoms with E-state index in [1.165, 1.54) is 14.2 Å². The number of carbonyl (C=O) groups is 2. The molecule has 0 radical (unpaired) electrons. The van der Waals surface area contributed by atoms with Crippen LogP contribution in [0.15, 0.2) is 109 Å². The number of methoxy groups -OCH3 is 2. The van der Waals surface area contributed by atoms with E-state index >= 15 is 0 Å². The van der Waals surface area contributed by atoms with Crippen molar-refractivity contribution in [2.45, 2.75) is 32.6 Å². The Morgan fingerprint density at radius 1 is 0.661 bits per heavy atom. The number of aromatic nitrogens is 4. The quantitative estimate of drug-likeness (QED) is 0.0536. The van der Waals surface area contributed by atoms with E-state index in [-0.39, 0.29) is 60.7 Å². The molecule has 56 heavy (non-hydrogen) atoms. The molecule has 1 amide bonds. The summed E-state index contributed by atoms with van der Waals surface area (Å²) >= 11 is 0.119. The van der Waals surface area contributed by atoms with Crippen LogP contribution in [0.3, 0.4) is 0 Å². The number of halogens is 2. The molecule has 6 aromatic rings. The van der Waals surface area contributed by atoms with E-state index in [9.17, 15) is 14.8 Å². The van der Waals surface area contributed by atoms with E-state index in [0.29, 0.717) is 30.9 Å². The van der Waals surface area contributed by atoms with Crippen molar-refractivity contribution in [3.05, 3.63) is 128 Å². The number of hydrogen-bond donors (Lipinski definition) is 1. The third-order valence-electron chi connectivity index (χ3n) is 8.72. The van der Waals surface area contributed by atoms with Crippen LogP contribution in [0.2, 0.25) is 0 Å². The summed E-state index contributed by atoms with van der Waals surface area (Å²) in [5.74, 6) is 1.05. The Morgan fingerprint density at radius 2 is 1.07 bits per heavy atom. The summed E-state index contributed by atoms with van der Waals surface area (Å²) in [6.07, 6.45) is 1.53. The second-order valence-electron chi connectivity index (χ2n) is 12.4. The molecule has 0 aliphatic heterocycles. The predicted molar refractivity (Wildman–Crippen MR) is 208 cm³/mol. The van der Waals surface area contributed by atoms with E-state index in [1.54, 1.807) is 14.2 Å². The second-order valence-corrected chi connectivity index (χ2v) is 17.0. The minimum atomic E-state index is -0.336. The van der Waals surface area contributed by atoms with Gasteiger partial charge in [-0.1, -0.05) is 0 Å². The van der Waals surface area contributed by atoms with Crippen LogP contribution in [-0.4, -0.2) is 79.4 Å². The topological polar surface area (TPSA) is 121 Å². The molecular weight excluding hydrogens is 936 g/mol. The number of carbonyl (C=O) groups excluding carboxylic acids is 2. The SMILES string of the molecule is CCOC(=O)CCc1cc(-c2ccc([I-]C)cc2)n(-c2ccc(OC)cc2)n1.COc1ccc(-n2nc(CCC(=O)N(C)O)cc2-c2ccc([I-]C)cc2)cc1. The normalized spacial score (nSPS) is 10.8. The summed E-state index contributed by atoms with van der Waals surface area (Å²) in [5.41, 5.74) is 7.67. The van der Waals surface area contributed by atoms with Gasteiger partial charge in [0, 0.05) is 0 Å². The third kappa shape index (κ3) is 11.4. The number of ether oxygens (including phenoxy) is 3. The van der Waals surface area contributed by atoms with Gasteiger partial charge in [0.1, 0.15) is 0 Å². The Balaban J connectivity index is 0.000000214. The van der Waals surface area contributed by atoms with Gasteiger partial charge in [-0.15, -0.1) is 0 Å². The monoisotopic (exact) mass is 983 g/mol. The average molecular weight is 984 g/mol. The van der Waals surface area contributed by atoms with Crippen molar-refractivity contribution in [3.63, 3.8) is 0 Å². The third-order valence-corrected chi connectivity index (χ3v) is 12.6. The molecule has 0 spiro atoms. The zero-order chi connectivity index (χ0) is 40.0. The van der Waals surface area contributed by atoms with Gasteiger partial charge in [-0.05, 0) is 6.92 Å². The van der Waals surface area contributed by atoms with Gasteiger partial charge >= 0.3 is 344 Å². The van der Waals surface area contributed by atoms with Gasteiger partial charge in [0.15, 0.2) is 0 Å². The fourth-order valence-corrected chi connectivity index (χ4v) is 7.87. The molecule has 11 nitrogen and oxygen atoms in total. The summed E-state index contributed by atoms with van der Waals surface area (Å²) in [4.78, 5) is 27.9. The van der Waals surface area contributed by atoms with Crippen molar-refractivity contribution in [1.82, 2.24) is 24.6 Å². The molecule has 2 aromatic heterocycles. The molecule has 2 heterocycles. The summed E-state index contributed by atoms with van der Waals surface area (Å²) in [6, 6.07) is 36.8. The molecule has 0 saturated heterocycles. The molecule has 6 rings (SSSR count). The number of hydrogen-bond acceptors (Lipinski definition) is 8. The Hall–Kier alpha value is -4.74. The first-order valence-corrected chi connectivity index (χ1v) is 24.4. The summed E-state index contributed by atoms with van der Waals surface area (Å²) in [5, 5.41) is 19.4. The van der Waals surface area contributed by atoms with Gasteiger partial charge < -0.3 is 0 Å². The van der Waals surface area contributed by atoms with Crippen molar-refractivity contribution < 1.29 is 71.4 Å². The number of hydroxylamine groups is 2. The number of esters is 1. The Bertz CT molecular complexity index is 2040. The summed E-state index contributed by atoms with van der Waals surface area (Å²) in [7, 11) is 4.63. The van der Waals surface area contributed by atoms with Crippen molar-refractivity contribution in [2.24, 2.45) is 0 Å². The van der Waals surface area contributed by atoms with Gasteiger partial charge in [0.2, 0.25) is 0 Å². The maximum atomic E-state index is 11.7. The number of rotatable bonds is 15. The van der Waals surface area contributed by atoms with E-state index in [0.717, 1.165) is 56.8 Å². The van der Waals surface area contributed by atoms with Gasteiger partial charge in [0.05, 0.1) is 0 Å². The van der Waals surface area contributed by atoms with Crippen molar-refractivity contribution in [3.8, 4) is 45.4 Å². The first-order chi connectivity index (χ1) is 27.2. The molecule has 1 N–H and O–H groups in total. The van der Waals surface area contributed by atoms with Gasteiger partial charge in [-0.25, -0.2) is 0 Å². The zero-order valence-corrected chi connectivity index (χ0v) is 36.7. The van der Waals surface area contributed by atoms with Crippen molar-refractivity contribution in [1.29, 1.82) is 0 Å². The van der Waals surface area contributed by atoms with Gasteiger partial charge in [-0.2, -0.15) is 0 Å². The van der Waals surface area contributed by atoms with Crippen molar-refractivity contribution >= 4 is 11.9 Å². The minimum absolute atomic E-state index is 0.0512. The fourth-order valence-electron chi connectivity index (χ4n) is 5.71.